The predicted octanol–water partition coefficient (Wildman–Crippen LogP) is -0.764. The molecule has 0 bridgehead atoms. The Labute approximate surface area is 81.5 Å². The zero-order chi connectivity index (χ0) is 10.7. The number of carboxylic acid groups (broad SMARTS) is 1. The highest BCUT2D eigenvalue weighted by Gasteiger charge is 2.30. The maximum atomic E-state index is 11.3. The van der Waals surface area contributed by atoms with Crippen LogP contribution < -0.4 is 5.32 Å². The van der Waals surface area contributed by atoms with E-state index in [0.717, 1.165) is 17.7 Å². The van der Waals surface area contributed by atoms with Crippen molar-refractivity contribution >= 4 is 12.0 Å². The van der Waals surface area contributed by atoms with Gasteiger partial charge in [-0.15, -0.1) is 0 Å². The van der Waals surface area contributed by atoms with Gasteiger partial charge in [0.2, 0.25) is 0 Å². The second-order valence-corrected chi connectivity index (χ2v) is 3.37. The Morgan fingerprint density at radius 2 is 2.14 bits per heavy atom. The predicted molar refractivity (Wildman–Crippen MR) is 47.8 cm³/mol. The summed E-state index contributed by atoms with van der Waals surface area (Å²) in [6.07, 6.45) is 1.88. The van der Waals surface area contributed by atoms with Gasteiger partial charge >= 0.3 is 12.0 Å². The van der Waals surface area contributed by atoms with Crippen LogP contribution in [0.15, 0.2) is 0 Å². The minimum absolute atomic E-state index is 0.179. The maximum Gasteiger partial charge on any atom is 0.328 e. The zero-order valence-electron chi connectivity index (χ0n) is 7.93. The average molecular weight is 202 g/mol. The summed E-state index contributed by atoms with van der Waals surface area (Å²) < 4.78 is 0. The van der Waals surface area contributed by atoms with Crippen molar-refractivity contribution < 1.29 is 19.8 Å². The Morgan fingerprint density at radius 3 is 2.50 bits per heavy atom. The summed E-state index contributed by atoms with van der Waals surface area (Å²) in [4.78, 5) is 22.9. The van der Waals surface area contributed by atoms with E-state index < -0.39 is 24.6 Å². The lowest BCUT2D eigenvalue weighted by atomic mass is 10.3. The van der Waals surface area contributed by atoms with Crippen molar-refractivity contribution in [2.45, 2.75) is 24.9 Å². The molecule has 1 saturated carbocycles. The van der Waals surface area contributed by atoms with Crippen molar-refractivity contribution in [2.24, 2.45) is 0 Å². The molecule has 1 rings (SSSR count). The van der Waals surface area contributed by atoms with Gasteiger partial charge in [-0.05, 0) is 12.8 Å². The van der Waals surface area contributed by atoms with E-state index in [0.29, 0.717) is 0 Å². The van der Waals surface area contributed by atoms with Gasteiger partial charge in [0.15, 0.2) is 6.04 Å². The van der Waals surface area contributed by atoms with Crippen LogP contribution in [-0.2, 0) is 4.79 Å². The molecule has 0 aromatic rings. The molecule has 1 atom stereocenters. The first-order valence-corrected chi connectivity index (χ1v) is 4.43. The molecule has 0 aromatic carbocycles. The average Bonchev–Trinajstić information content (AvgIpc) is 2.88. The first kappa shape index (κ1) is 10.8. The van der Waals surface area contributed by atoms with Crippen LogP contribution in [0.2, 0.25) is 0 Å². The van der Waals surface area contributed by atoms with E-state index in [9.17, 15) is 9.59 Å². The summed E-state index contributed by atoms with van der Waals surface area (Å²) in [5, 5.41) is 20.1. The number of likely N-dealkylation sites (N-methyl/N-ethyl adjacent to an activating group) is 1. The molecule has 3 N–H and O–H groups in total. The number of nitrogens with one attached hydrogen (secondary N) is 1. The molecular formula is C8H14N2O4. The summed E-state index contributed by atoms with van der Waals surface area (Å²) in [6.45, 7) is -0.579. The van der Waals surface area contributed by atoms with Crippen LogP contribution in [0.1, 0.15) is 12.8 Å². The first-order chi connectivity index (χ1) is 6.56. The highest BCUT2D eigenvalue weighted by atomic mass is 16.4. The highest BCUT2D eigenvalue weighted by Crippen LogP contribution is 2.18. The maximum absolute atomic E-state index is 11.3. The molecule has 80 valence electrons. The SMILES string of the molecule is CN(C(=O)NC1CC1)C(CO)C(=O)O. The molecule has 0 aliphatic heterocycles. The molecule has 6 nitrogen and oxygen atoms in total. The van der Waals surface area contributed by atoms with Gasteiger partial charge in [0.05, 0.1) is 6.61 Å². The van der Waals surface area contributed by atoms with Crippen molar-refractivity contribution in [3.63, 3.8) is 0 Å². The van der Waals surface area contributed by atoms with Crippen molar-refractivity contribution in [1.82, 2.24) is 10.2 Å². The van der Waals surface area contributed by atoms with Crippen molar-refractivity contribution in [3.8, 4) is 0 Å². The largest absolute Gasteiger partial charge is 0.480 e. The number of rotatable bonds is 4. The third kappa shape index (κ3) is 2.59. The third-order valence-corrected chi connectivity index (χ3v) is 2.15. The van der Waals surface area contributed by atoms with Gasteiger partial charge in [-0.1, -0.05) is 0 Å². The van der Waals surface area contributed by atoms with Gasteiger partial charge in [-0.25, -0.2) is 9.59 Å². The summed E-state index contributed by atoms with van der Waals surface area (Å²) in [5.41, 5.74) is 0. The number of aliphatic carboxylic acids is 1. The lowest BCUT2D eigenvalue weighted by Crippen LogP contribution is -2.49. The number of carbonyl (C=O) groups is 2. The van der Waals surface area contributed by atoms with Gasteiger partial charge in [-0.3, -0.25) is 0 Å². The Hall–Kier alpha value is -1.30. The van der Waals surface area contributed by atoms with Crippen LogP contribution in [0, 0.1) is 0 Å². The fourth-order valence-corrected chi connectivity index (χ4v) is 1.01. The van der Waals surface area contributed by atoms with Crippen LogP contribution in [-0.4, -0.2) is 52.9 Å². The van der Waals surface area contributed by atoms with Crippen LogP contribution in [0.5, 0.6) is 0 Å². The molecule has 1 unspecified atom stereocenters. The lowest BCUT2D eigenvalue weighted by Gasteiger charge is -2.23. The van der Waals surface area contributed by atoms with Crippen LogP contribution in [0.4, 0.5) is 4.79 Å². The number of amides is 2. The zero-order valence-corrected chi connectivity index (χ0v) is 7.93. The molecule has 0 aromatic heterocycles. The lowest BCUT2D eigenvalue weighted by molar-refractivity contribution is -0.143. The molecule has 0 spiro atoms. The van der Waals surface area contributed by atoms with E-state index in [4.69, 9.17) is 10.2 Å². The monoisotopic (exact) mass is 202 g/mol. The second-order valence-electron chi connectivity index (χ2n) is 3.37. The molecule has 0 heterocycles. The van der Waals surface area contributed by atoms with E-state index >= 15 is 0 Å². The smallest absolute Gasteiger partial charge is 0.328 e. The molecular weight excluding hydrogens is 188 g/mol. The number of carbonyl (C=O) groups excluding carboxylic acids is 1. The van der Waals surface area contributed by atoms with Gasteiger partial charge in [0, 0.05) is 13.1 Å². The molecule has 14 heavy (non-hydrogen) atoms. The normalized spacial score (nSPS) is 17.3. The van der Waals surface area contributed by atoms with E-state index in [1.54, 1.807) is 0 Å². The topological polar surface area (TPSA) is 89.9 Å². The van der Waals surface area contributed by atoms with Crippen molar-refractivity contribution in [2.75, 3.05) is 13.7 Å². The number of nitrogens with zero attached hydrogens (tertiary/aromatic N) is 1. The molecule has 0 radical (unpaired) electrons. The van der Waals surface area contributed by atoms with Crippen LogP contribution >= 0.6 is 0 Å². The minimum atomic E-state index is -1.21. The quantitative estimate of drug-likeness (QED) is 0.558. The van der Waals surface area contributed by atoms with Crippen LogP contribution in [0.25, 0.3) is 0 Å². The molecule has 6 heteroatoms. The van der Waals surface area contributed by atoms with Crippen LogP contribution in [0.3, 0.4) is 0 Å². The molecule has 2 amide bonds. The summed E-state index contributed by atoms with van der Waals surface area (Å²) in [6, 6.07) is -1.44. The van der Waals surface area contributed by atoms with Gasteiger partial charge in [0.25, 0.3) is 0 Å². The standard InChI is InChI=1S/C8H14N2O4/c1-10(6(4-11)7(12)13)8(14)9-5-2-3-5/h5-6,11H,2-4H2,1H3,(H,9,14)(H,12,13). The van der Waals surface area contributed by atoms with E-state index in [1.165, 1.54) is 7.05 Å². The molecule has 0 saturated heterocycles. The fraction of sp³-hybridized carbons (Fsp3) is 0.750. The molecule has 1 aliphatic rings. The minimum Gasteiger partial charge on any atom is -0.480 e. The molecule has 1 fully saturated rings. The Bertz CT molecular complexity index is 239. The first-order valence-electron chi connectivity index (χ1n) is 4.43. The highest BCUT2D eigenvalue weighted by molar-refractivity contribution is 5.82. The third-order valence-electron chi connectivity index (χ3n) is 2.15. The number of hydrogen-bond donors (Lipinski definition) is 3. The second kappa shape index (κ2) is 4.28. The number of hydrogen-bond acceptors (Lipinski definition) is 3. The van der Waals surface area contributed by atoms with Gasteiger partial charge in [0.1, 0.15) is 0 Å². The van der Waals surface area contributed by atoms with Crippen molar-refractivity contribution in [1.29, 1.82) is 0 Å². The Balaban J connectivity index is 2.46. The number of aliphatic hydroxyl groups excluding tert-OH is 1. The van der Waals surface area contributed by atoms with Gasteiger partial charge in [-0.2, -0.15) is 0 Å². The number of aliphatic hydroxyl groups is 1. The number of carboxylic acids is 1. The van der Waals surface area contributed by atoms with Crippen molar-refractivity contribution in [3.05, 3.63) is 0 Å². The Morgan fingerprint density at radius 1 is 1.57 bits per heavy atom. The summed E-state index contributed by atoms with van der Waals surface area (Å²) in [5.74, 6) is -1.21. The Kier molecular flexibility index (Phi) is 3.29. The fourth-order valence-electron chi connectivity index (χ4n) is 1.01. The van der Waals surface area contributed by atoms with Gasteiger partial charge < -0.3 is 20.4 Å². The summed E-state index contributed by atoms with van der Waals surface area (Å²) >= 11 is 0. The summed E-state index contributed by atoms with van der Waals surface area (Å²) in [7, 11) is 1.35. The van der Waals surface area contributed by atoms with E-state index in [1.807, 2.05) is 0 Å². The number of urea groups is 1. The van der Waals surface area contributed by atoms with E-state index in [2.05, 4.69) is 5.32 Å². The van der Waals surface area contributed by atoms with E-state index in [-0.39, 0.29) is 6.04 Å². The molecule has 1 aliphatic carbocycles.